The van der Waals surface area contributed by atoms with Crippen LogP contribution < -0.4 is 16.4 Å². The van der Waals surface area contributed by atoms with Gasteiger partial charge in [-0.05, 0) is 68.9 Å². The molecule has 4 saturated carbocycles. The van der Waals surface area contributed by atoms with Gasteiger partial charge in [-0.25, -0.2) is 4.98 Å². The van der Waals surface area contributed by atoms with Crippen LogP contribution in [0.2, 0.25) is 0 Å². The third-order valence-corrected chi connectivity index (χ3v) is 8.96. The Morgan fingerprint density at radius 3 is 2.48 bits per heavy atom. The summed E-state index contributed by atoms with van der Waals surface area (Å²) in [5.41, 5.74) is 11.7. The highest BCUT2D eigenvalue weighted by atomic mass is 16.1. The number of nitriles is 1. The van der Waals surface area contributed by atoms with Gasteiger partial charge in [-0.1, -0.05) is 6.07 Å². The van der Waals surface area contributed by atoms with Crippen molar-refractivity contribution in [2.45, 2.75) is 57.0 Å². The summed E-state index contributed by atoms with van der Waals surface area (Å²) in [7, 11) is 0. The van der Waals surface area contributed by atoms with Crippen LogP contribution in [0.1, 0.15) is 45.4 Å². The fourth-order valence-electron chi connectivity index (χ4n) is 7.30. The fourth-order valence-corrected chi connectivity index (χ4v) is 7.30. The number of nitrogens with two attached hydrogens (primary N) is 2. The van der Waals surface area contributed by atoms with Crippen molar-refractivity contribution in [3.8, 4) is 6.07 Å². The number of rotatable bonds is 6. The van der Waals surface area contributed by atoms with Crippen LogP contribution in [-0.2, 0) is 4.79 Å². The minimum Gasteiger partial charge on any atom is -0.386 e. The van der Waals surface area contributed by atoms with Crippen LogP contribution in [0.15, 0.2) is 29.4 Å². The number of piperazine rings is 1. The molecule has 8 nitrogen and oxygen atoms in total. The van der Waals surface area contributed by atoms with Gasteiger partial charge in [0.25, 0.3) is 0 Å². The highest BCUT2D eigenvalue weighted by Crippen LogP contribution is 2.60. The first-order valence-corrected chi connectivity index (χ1v) is 12.3. The smallest absolute Gasteiger partial charge is 0.223 e. The normalized spacial score (nSPS) is 35.8. The number of aromatic nitrogens is 1. The molecule has 3 unspecified atom stereocenters. The third kappa shape index (κ3) is 3.76. The summed E-state index contributed by atoms with van der Waals surface area (Å²) in [6, 6.07) is 8.47. The highest BCUT2D eigenvalue weighted by Gasteiger charge is 2.58. The Morgan fingerprint density at radius 1 is 1.21 bits per heavy atom. The summed E-state index contributed by atoms with van der Waals surface area (Å²) in [5, 5.41) is 9.66. The molecule has 1 saturated heterocycles. The summed E-state index contributed by atoms with van der Waals surface area (Å²) in [5.74, 6) is 2.76. The van der Waals surface area contributed by atoms with E-state index in [9.17, 15) is 10.1 Å². The van der Waals surface area contributed by atoms with E-state index in [1.54, 1.807) is 0 Å². The molecule has 6 rings (SSSR count). The summed E-state index contributed by atoms with van der Waals surface area (Å²) in [4.78, 5) is 26.5. The monoisotopic (exact) mass is 449 g/mol. The van der Waals surface area contributed by atoms with E-state index in [4.69, 9.17) is 16.5 Å². The van der Waals surface area contributed by atoms with E-state index in [0.29, 0.717) is 30.0 Å². The third-order valence-electron chi connectivity index (χ3n) is 8.96. The molecule has 1 amide bonds. The quantitative estimate of drug-likeness (QED) is 0.505. The van der Waals surface area contributed by atoms with Gasteiger partial charge >= 0.3 is 0 Å². The number of hydrogen-bond acceptors (Lipinski definition) is 6. The van der Waals surface area contributed by atoms with E-state index in [1.165, 1.54) is 0 Å². The molecule has 4 aliphatic carbocycles. The second-order valence-electron chi connectivity index (χ2n) is 10.9. The van der Waals surface area contributed by atoms with Gasteiger partial charge in [0, 0.05) is 37.8 Å². The van der Waals surface area contributed by atoms with Crippen molar-refractivity contribution in [2.75, 3.05) is 31.1 Å². The van der Waals surface area contributed by atoms with Gasteiger partial charge in [0.15, 0.2) is 0 Å². The average Bonchev–Trinajstić information content (AvgIpc) is 2.81. The molecule has 0 spiro atoms. The SMILES string of the molecule is CC(CC#N)(C(N)=NC1C2CC3CC1CC(C(N)=O)(C3)C2)N1CCN(c2ccccn2)CC1. The van der Waals surface area contributed by atoms with Crippen LogP contribution in [0.25, 0.3) is 0 Å². The van der Waals surface area contributed by atoms with Crippen molar-refractivity contribution in [3.05, 3.63) is 24.4 Å². The molecule has 3 atom stereocenters. The number of aliphatic imine (C=N–C) groups is 1. The number of nitrogens with zero attached hydrogens (tertiary/aromatic N) is 5. The van der Waals surface area contributed by atoms with Crippen molar-refractivity contribution >= 4 is 17.6 Å². The summed E-state index contributed by atoms with van der Waals surface area (Å²) >= 11 is 0. The lowest BCUT2D eigenvalue weighted by Gasteiger charge is -2.58. The maximum absolute atomic E-state index is 12.3. The molecule has 2 heterocycles. The van der Waals surface area contributed by atoms with E-state index < -0.39 is 5.54 Å². The molecule has 176 valence electrons. The Bertz CT molecular complexity index is 949. The molecule has 8 heteroatoms. The van der Waals surface area contributed by atoms with Gasteiger partial charge in [0.05, 0.1) is 24.1 Å². The predicted octanol–water partition coefficient (Wildman–Crippen LogP) is 1.91. The van der Waals surface area contributed by atoms with Gasteiger partial charge < -0.3 is 16.4 Å². The number of hydrogen-bond donors (Lipinski definition) is 2. The molecule has 0 radical (unpaired) electrons. The van der Waals surface area contributed by atoms with E-state index >= 15 is 0 Å². The largest absolute Gasteiger partial charge is 0.386 e. The maximum atomic E-state index is 12.3. The zero-order valence-corrected chi connectivity index (χ0v) is 19.5. The van der Waals surface area contributed by atoms with Crippen LogP contribution in [0.3, 0.4) is 0 Å². The Kier molecular flexibility index (Phi) is 5.56. The number of carbonyl (C=O) groups excluding carboxylic acids is 1. The molecular formula is C25H35N7O. The van der Waals surface area contributed by atoms with Crippen molar-refractivity contribution in [1.82, 2.24) is 9.88 Å². The summed E-state index contributed by atoms with van der Waals surface area (Å²) in [6.45, 7) is 5.34. The van der Waals surface area contributed by atoms with Gasteiger partial charge in [0.2, 0.25) is 5.91 Å². The average molecular weight is 450 g/mol. The molecule has 0 aromatic carbocycles. The standard InChI is InChI=1S/C25H35N7O/c1-24(5-6-26,32-10-8-31(9-11-32)20-4-2-3-7-29-20)22(27)30-21-18-12-17-13-19(21)16-25(14-17,15-18)23(28)33/h2-4,7,17-19,21H,5,8-16H2,1H3,(H2,27,30)(H2,28,33). The number of amides is 1. The minimum atomic E-state index is -0.596. The van der Waals surface area contributed by atoms with E-state index in [0.717, 1.165) is 64.1 Å². The molecule has 5 fully saturated rings. The topological polar surface area (TPSA) is 125 Å². The first kappa shape index (κ1) is 22.1. The number of anilines is 1. The molecular weight excluding hydrogens is 414 g/mol. The second-order valence-corrected chi connectivity index (χ2v) is 10.9. The maximum Gasteiger partial charge on any atom is 0.223 e. The lowest BCUT2D eigenvalue weighted by Crippen LogP contribution is -2.62. The van der Waals surface area contributed by atoms with Crippen LogP contribution in [-0.4, -0.2) is 59.4 Å². The number of amidine groups is 1. The Labute approximate surface area is 196 Å². The second kappa shape index (κ2) is 8.28. The fraction of sp³-hybridized carbons (Fsp3) is 0.680. The Hall–Kier alpha value is -2.66. The lowest BCUT2D eigenvalue weighted by molar-refractivity contribution is -0.144. The number of primary amides is 1. The van der Waals surface area contributed by atoms with E-state index in [2.05, 4.69) is 27.8 Å². The van der Waals surface area contributed by atoms with Crippen molar-refractivity contribution in [1.29, 1.82) is 5.26 Å². The molecule has 33 heavy (non-hydrogen) atoms. The minimum absolute atomic E-state index is 0.127. The van der Waals surface area contributed by atoms with Crippen molar-refractivity contribution in [3.63, 3.8) is 0 Å². The van der Waals surface area contributed by atoms with Crippen molar-refractivity contribution in [2.24, 2.45) is 39.6 Å². The molecule has 4 bridgehead atoms. The first-order chi connectivity index (χ1) is 15.8. The zero-order chi connectivity index (χ0) is 23.2. The number of carbonyl (C=O) groups is 1. The van der Waals surface area contributed by atoms with Gasteiger partial charge in [-0.15, -0.1) is 0 Å². The van der Waals surface area contributed by atoms with Crippen LogP contribution >= 0.6 is 0 Å². The van der Waals surface area contributed by atoms with Crippen LogP contribution in [0.4, 0.5) is 5.82 Å². The highest BCUT2D eigenvalue weighted by molar-refractivity contribution is 5.90. The zero-order valence-electron chi connectivity index (χ0n) is 19.5. The molecule has 4 N–H and O–H groups in total. The van der Waals surface area contributed by atoms with Crippen LogP contribution in [0, 0.1) is 34.5 Å². The first-order valence-electron chi connectivity index (χ1n) is 12.3. The Balaban J connectivity index is 1.33. The summed E-state index contributed by atoms with van der Waals surface area (Å²) in [6.07, 6.45) is 6.99. The molecule has 5 aliphatic rings. The molecule has 1 aromatic rings. The molecule has 1 aliphatic heterocycles. The molecule has 1 aromatic heterocycles. The predicted molar refractivity (Wildman–Crippen MR) is 127 cm³/mol. The van der Waals surface area contributed by atoms with E-state index in [1.807, 2.05) is 24.4 Å². The lowest BCUT2D eigenvalue weighted by atomic mass is 9.48. The Morgan fingerprint density at radius 2 is 1.91 bits per heavy atom. The van der Waals surface area contributed by atoms with E-state index in [-0.39, 0.29) is 17.4 Å². The van der Waals surface area contributed by atoms with Gasteiger partial charge in [-0.3, -0.25) is 14.7 Å². The van der Waals surface area contributed by atoms with Crippen molar-refractivity contribution < 1.29 is 4.79 Å². The summed E-state index contributed by atoms with van der Waals surface area (Å²) < 4.78 is 0. The number of pyridine rings is 1. The van der Waals surface area contributed by atoms with Crippen LogP contribution in [0.5, 0.6) is 0 Å². The van der Waals surface area contributed by atoms with Gasteiger partial charge in [-0.2, -0.15) is 5.26 Å². The van der Waals surface area contributed by atoms with Gasteiger partial charge in [0.1, 0.15) is 11.7 Å².